The Hall–Kier alpha value is -2.54. The molecule has 1 heterocycles. The molecule has 1 aromatic heterocycles. The number of methoxy groups -OCH3 is 1. The minimum atomic E-state index is 0.576. The predicted octanol–water partition coefficient (Wildman–Crippen LogP) is 3.15. The lowest BCUT2D eigenvalue weighted by atomic mass is 10.2. The first-order valence-electron chi connectivity index (χ1n) is 7.52. The van der Waals surface area contributed by atoms with Crippen molar-refractivity contribution in [3.8, 4) is 17.2 Å². The van der Waals surface area contributed by atoms with Crippen molar-refractivity contribution in [1.82, 2.24) is 20.2 Å². The van der Waals surface area contributed by atoms with Gasteiger partial charge in [-0.1, -0.05) is 36.0 Å². The third-order valence-corrected chi connectivity index (χ3v) is 4.21. The minimum Gasteiger partial charge on any atom is -0.494 e. The van der Waals surface area contributed by atoms with E-state index in [0.717, 1.165) is 22.9 Å². The molecule has 0 atom stereocenters. The topological polar surface area (TPSA) is 62.1 Å². The molecule has 0 aliphatic heterocycles. The Labute approximate surface area is 144 Å². The molecule has 124 valence electrons. The summed E-state index contributed by atoms with van der Waals surface area (Å²) in [5.41, 5.74) is 1.99. The van der Waals surface area contributed by atoms with Gasteiger partial charge in [0.15, 0.2) is 0 Å². The predicted molar refractivity (Wildman–Crippen MR) is 93.1 cm³/mol. The first kappa shape index (κ1) is 16.3. The van der Waals surface area contributed by atoms with Crippen molar-refractivity contribution in [3.05, 3.63) is 54.1 Å². The van der Waals surface area contributed by atoms with Gasteiger partial charge in [0.2, 0.25) is 5.16 Å². The fourth-order valence-corrected chi connectivity index (χ4v) is 2.92. The number of tetrazole rings is 1. The van der Waals surface area contributed by atoms with Crippen LogP contribution in [0.1, 0.15) is 5.56 Å². The molecule has 2 aromatic carbocycles. The van der Waals surface area contributed by atoms with Crippen LogP contribution in [-0.2, 0) is 0 Å². The molecule has 0 saturated carbocycles. The average Bonchev–Trinajstić information content (AvgIpc) is 3.07. The van der Waals surface area contributed by atoms with Gasteiger partial charge in [-0.25, -0.2) is 0 Å². The summed E-state index contributed by atoms with van der Waals surface area (Å²) < 4.78 is 12.8. The number of aryl methyl sites for hydroxylation is 1. The van der Waals surface area contributed by atoms with Crippen LogP contribution in [-0.4, -0.2) is 39.7 Å². The summed E-state index contributed by atoms with van der Waals surface area (Å²) in [4.78, 5) is 0. The molecule has 0 saturated heterocycles. The zero-order chi connectivity index (χ0) is 16.8. The van der Waals surface area contributed by atoms with Crippen molar-refractivity contribution in [2.75, 3.05) is 19.5 Å². The fourth-order valence-electron chi connectivity index (χ4n) is 2.22. The molecule has 3 aromatic rings. The molecule has 6 nitrogen and oxygen atoms in total. The number of hydrogen-bond acceptors (Lipinski definition) is 6. The average molecular weight is 342 g/mol. The molecular formula is C17H18N4O2S. The number of aromatic nitrogens is 4. The van der Waals surface area contributed by atoms with Crippen LogP contribution < -0.4 is 9.47 Å². The maximum absolute atomic E-state index is 5.75. The number of benzene rings is 2. The number of hydrogen-bond donors (Lipinski definition) is 0. The van der Waals surface area contributed by atoms with Gasteiger partial charge in [-0.2, -0.15) is 4.68 Å². The molecule has 0 radical (unpaired) electrons. The van der Waals surface area contributed by atoms with Crippen LogP contribution in [0.5, 0.6) is 11.5 Å². The fraction of sp³-hybridized carbons (Fsp3) is 0.235. The van der Waals surface area contributed by atoms with Crippen LogP contribution in [0, 0.1) is 6.92 Å². The van der Waals surface area contributed by atoms with Gasteiger partial charge in [-0.15, -0.1) is 5.10 Å². The molecule has 0 aliphatic carbocycles. The van der Waals surface area contributed by atoms with Crippen molar-refractivity contribution in [1.29, 1.82) is 0 Å². The standard InChI is InChI=1S/C17H18N4O2S/c1-13-6-5-7-14(12-13)23-10-11-24-17-18-19-20-21(17)15-8-3-4-9-16(15)22-2/h3-9,12H,10-11H2,1-2H3. The van der Waals surface area contributed by atoms with Crippen LogP contribution in [0.15, 0.2) is 53.7 Å². The molecule has 0 spiro atoms. The van der Waals surface area contributed by atoms with Crippen LogP contribution in [0.4, 0.5) is 0 Å². The van der Waals surface area contributed by atoms with Gasteiger partial charge in [0.25, 0.3) is 0 Å². The van der Waals surface area contributed by atoms with Crippen molar-refractivity contribution in [2.24, 2.45) is 0 Å². The van der Waals surface area contributed by atoms with E-state index in [1.54, 1.807) is 11.8 Å². The highest BCUT2D eigenvalue weighted by atomic mass is 32.2. The van der Waals surface area contributed by atoms with E-state index in [1.807, 2.05) is 55.5 Å². The minimum absolute atomic E-state index is 0.576. The van der Waals surface area contributed by atoms with E-state index in [-0.39, 0.29) is 0 Å². The Balaban J connectivity index is 1.62. The molecule has 7 heteroatoms. The van der Waals surface area contributed by atoms with Crippen molar-refractivity contribution in [3.63, 3.8) is 0 Å². The summed E-state index contributed by atoms with van der Waals surface area (Å²) in [5, 5.41) is 12.6. The number of ether oxygens (including phenoxy) is 2. The van der Waals surface area contributed by atoms with Crippen LogP contribution in [0.2, 0.25) is 0 Å². The highest BCUT2D eigenvalue weighted by molar-refractivity contribution is 7.99. The smallest absolute Gasteiger partial charge is 0.214 e. The molecule has 24 heavy (non-hydrogen) atoms. The van der Waals surface area contributed by atoms with Gasteiger partial charge >= 0.3 is 0 Å². The quantitative estimate of drug-likeness (QED) is 0.485. The molecule has 0 bridgehead atoms. The normalized spacial score (nSPS) is 10.6. The SMILES string of the molecule is COc1ccccc1-n1nnnc1SCCOc1cccc(C)c1. The number of nitrogens with zero attached hydrogens (tertiary/aromatic N) is 4. The summed E-state index contributed by atoms with van der Waals surface area (Å²) in [7, 11) is 1.63. The summed E-state index contributed by atoms with van der Waals surface area (Å²) in [6, 6.07) is 15.6. The summed E-state index contributed by atoms with van der Waals surface area (Å²) >= 11 is 1.54. The van der Waals surface area contributed by atoms with Crippen LogP contribution in [0.25, 0.3) is 5.69 Å². The summed E-state index contributed by atoms with van der Waals surface area (Å²) in [6.07, 6.45) is 0. The molecule has 0 fully saturated rings. The Morgan fingerprint density at radius 1 is 1.12 bits per heavy atom. The Morgan fingerprint density at radius 3 is 2.83 bits per heavy atom. The third-order valence-electron chi connectivity index (χ3n) is 3.33. The number of para-hydroxylation sites is 2. The van der Waals surface area contributed by atoms with E-state index in [9.17, 15) is 0 Å². The first-order valence-corrected chi connectivity index (χ1v) is 8.50. The lowest BCUT2D eigenvalue weighted by molar-refractivity contribution is 0.343. The van der Waals surface area contributed by atoms with Crippen molar-refractivity contribution >= 4 is 11.8 Å². The van der Waals surface area contributed by atoms with Crippen molar-refractivity contribution in [2.45, 2.75) is 12.1 Å². The largest absolute Gasteiger partial charge is 0.494 e. The van der Waals surface area contributed by atoms with Gasteiger partial charge in [0.1, 0.15) is 17.2 Å². The summed E-state index contributed by atoms with van der Waals surface area (Å²) in [5.74, 6) is 2.34. The highest BCUT2D eigenvalue weighted by Gasteiger charge is 2.12. The highest BCUT2D eigenvalue weighted by Crippen LogP contribution is 2.25. The number of rotatable bonds is 7. The van der Waals surface area contributed by atoms with Gasteiger partial charge in [0, 0.05) is 5.75 Å². The zero-order valence-corrected chi connectivity index (χ0v) is 14.4. The van der Waals surface area contributed by atoms with Gasteiger partial charge in [-0.3, -0.25) is 0 Å². The second-order valence-electron chi connectivity index (χ2n) is 5.06. The van der Waals surface area contributed by atoms with E-state index >= 15 is 0 Å². The maximum atomic E-state index is 5.75. The lowest BCUT2D eigenvalue weighted by Crippen LogP contribution is -2.04. The second-order valence-corrected chi connectivity index (χ2v) is 6.12. The van der Waals surface area contributed by atoms with Gasteiger partial charge < -0.3 is 9.47 Å². The van der Waals surface area contributed by atoms with E-state index < -0.39 is 0 Å². The van der Waals surface area contributed by atoms with E-state index in [4.69, 9.17) is 9.47 Å². The molecule has 3 rings (SSSR count). The van der Waals surface area contributed by atoms with E-state index in [0.29, 0.717) is 11.8 Å². The van der Waals surface area contributed by atoms with Gasteiger partial charge in [0.05, 0.1) is 13.7 Å². The van der Waals surface area contributed by atoms with Gasteiger partial charge in [-0.05, 0) is 47.2 Å². The number of thioether (sulfide) groups is 1. The van der Waals surface area contributed by atoms with E-state index in [1.165, 1.54) is 17.3 Å². The van der Waals surface area contributed by atoms with Crippen molar-refractivity contribution < 1.29 is 9.47 Å². The molecular weight excluding hydrogens is 324 g/mol. The van der Waals surface area contributed by atoms with E-state index in [2.05, 4.69) is 15.5 Å². The van der Waals surface area contributed by atoms with Crippen LogP contribution >= 0.6 is 11.8 Å². The molecule has 0 N–H and O–H groups in total. The lowest BCUT2D eigenvalue weighted by Gasteiger charge is -2.09. The third kappa shape index (κ3) is 3.86. The Bertz CT molecular complexity index is 807. The molecule has 0 unspecified atom stereocenters. The van der Waals surface area contributed by atoms with Crippen LogP contribution in [0.3, 0.4) is 0 Å². The zero-order valence-electron chi connectivity index (χ0n) is 13.5. The Kier molecular flexibility index (Phi) is 5.32. The molecule has 0 aliphatic rings. The second kappa shape index (κ2) is 7.83. The Morgan fingerprint density at radius 2 is 2.00 bits per heavy atom. The monoisotopic (exact) mass is 342 g/mol. The summed E-state index contributed by atoms with van der Waals surface area (Å²) in [6.45, 7) is 2.62. The first-order chi connectivity index (χ1) is 11.8. The molecule has 0 amide bonds. The maximum Gasteiger partial charge on any atom is 0.214 e.